The highest BCUT2D eigenvalue weighted by Gasteiger charge is 2.21. The zero-order valence-corrected chi connectivity index (χ0v) is 14.3. The Kier molecular flexibility index (Phi) is 4.88. The summed E-state index contributed by atoms with van der Waals surface area (Å²) in [6, 6.07) is 13.6. The zero-order chi connectivity index (χ0) is 18.7. The van der Waals surface area contributed by atoms with Gasteiger partial charge in [-0.2, -0.15) is 0 Å². The summed E-state index contributed by atoms with van der Waals surface area (Å²) >= 11 is 0. The molecule has 0 saturated carbocycles. The van der Waals surface area contributed by atoms with E-state index in [9.17, 15) is 14.0 Å². The van der Waals surface area contributed by atoms with Crippen molar-refractivity contribution in [2.45, 2.75) is 13.0 Å². The molecule has 0 saturated heterocycles. The third kappa shape index (κ3) is 3.66. The van der Waals surface area contributed by atoms with Crippen LogP contribution in [-0.2, 0) is 0 Å². The SMILES string of the molecule is CC(c1cc2ccccc2o1)N(C)C(=O)NNC(=O)c1ccc(F)cc1. The highest BCUT2D eigenvalue weighted by atomic mass is 19.1. The number of hydrazine groups is 1. The Bertz CT molecular complexity index is 904. The second-order valence-electron chi connectivity index (χ2n) is 5.86. The van der Waals surface area contributed by atoms with Gasteiger partial charge < -0.3 is 9.32 Å². The van der Waals surface area contributed by atoms with Crippen LogP contribution in [0.2, 0.25) is 0 Å². The normalized spacial score (nSPS) is 11.8. The minimum absolute atomic E-state index is 0.236. The van der Waals surface area contributed by atoms with Crippen LogP contribution in [0.4, 0.5) is 9.18 Å². The van der Waals surface area contributed by atoms with Crippen molar-refractivity contribution in [2.75, 3.05) is 7.05 Å². The number of benzene rings is 2. The Labute approximate surface area is 149 Å². The molecule has 1 heterocycles. The van der Waals surface area contributed by atoms with Gasteiger partial charge in [0.05, 0.1) is 6.04 Å². The van der Waals surface area contributed by atoms with Crippen molar-refractivity contribution in [3.8, 4) is 0 Å². The first-order valence-electron chi connectivity index (χ1n) is 8.03. The third-order valence-corrected chi connectivity index (χ3v) is 4.15. The second kappa shape index (κ2) is 7.26. The number of fused-ring (bicyclic) bond motifs is 1. The van der Waals surface area contributed by atoms with Gasteiger partial charge in [-0.15, -0.1) is 0 Å². The van der Waals surface area contributed by atoms with Crippen molar-refractivity contribution in [1.82, 2.24) is 15.8 Å². The number of nitrogens with zero attached hydrogens (tertiary/aromatic N) is 1. The number of hydrogen-bond acceptors (Lipinski definition) is 3. The van der Waals surface area contributed by atoms with Gasteiger partial charge in [0.15, 0.2) is 0 Å². The van der Waals surface area contributed by atoms with Gasteiger partial charge in [-0.25, -0.2) is 14.6 Å². The number of rotatable bonds is 3. The Hall–Kier alpha value is -3.35. The molecule has 0 aliphatic rings. The molecular formula is C19H18FN3O3. The maximum absolute atomic E-state index is 12.9. The van der Waals surface area contributed by atoms with E-state index in [1.54, 1.807) is 7.05 Å². The predicted molar refractivity (Wildman–Crippen MR) is 94.8 cm³/mol. The summed E-state index contributed by atoms with van der Waals surface area (Å²) in [5, 5.41) is 0.952. The summed E-state index contributed by atoms with van der Waals surface area (Å²) in [5.74, 6) is -0.346. The number of carbonyl (C=O) groups is 2. The van der Waals surface area contributed by atoms with Crippen LogP contribution in [0.1, 0.15) is 29.1 Å². The Morgan fingerprint density at radius 3 is 2.46 bits per heavy atom. The Morgan fingerprint density at radius 1 is 1.08 bits per heavy atom. The van der Waals surface area contributed by atoms with Crippen molar-refractivity contribution in [3.05, 3.63) is 71.7 Å². The highest BCUT2D eigenvalue weighted by molar-refractivity contribution is 5.95. The predicted octanol–water partition coefficient (Wildman–Crippen LogP) is 3.62. The summed E-state index contributed by atoms with van der Waals surface area (Å²) in [6.45, 7) is 1.82. The van der Waals surface area contributed by atoms with Crippen molar-refractivity contribution in [3.63, 3.8) is 0 Å². The molecule has 1 unspecified atom stereocenters. The van der Waals surface area contributed by atoms with E-state index in [1.165, 1.54) is 29.2 Å². The minimum atomic E-state index is -0.539. The molecule has 2 aromatic carbocycles. The van der Waals surface area contributed by atoms with E-state index in [1.807, 2.05) is 37.3 Å². The second-order valence-corrected chi connectivity index (χ2v) is 5.86. The van der Waals surface area contributed by atoms with Gasteiger partial charge in [-0.1, -0.05) is 18.2 Å². The van der Waals surface area contributed by atoms with Gasteiger partial charge in [0, 0.05) is 18.0 Å². The fourth-order valence-corrected chi connectivity index (χ4v) is 2.45. The number of halogens is 1. The summed E-state index contributed by atoms with van der Waals surface area (Å²) in [5.41, 5.74) is 5.61. The van der Waals surface area contributed by atoms with Gasteiger partial charge in [0.1, 0.15) is 17.2 Å². The molecular weight excluding hydrogens is 337 g/mol. The zero-order valence-electron chi connectivity index (χ0n) is 14.3. The minimum Gasteiger partial charge on any atom is -0.459 e. The standard InChI is InChI=1S/C19H18FN3O3/c1-12(17-11-14-5-3-4-6-16(14)26-17)23(2)19(25)22-21-18(24)13-7-9-15(20)10-8-13/h3-12H,1-2H3,(H,21,24)(H,22,25). The third-order valence-electron chi connectivity index (χ3n) is 4.15. The molecule has 0 spiro atoms. The molecule has 0 radical (unpaired) electrons. The van der Waals surface area contributed by atoms with E-state index in [0.29, 0.717) is 5.76 Å². The van der Waals surface area contributed by atoms with Crippen LogP contribution in [-0.4, -0.2) is 23.9 Å². The summed E-state index contributed by atoms with van der Waals surface area (Å²) in [4.78, 5) is 25.6. The first-order valence-corrected chi connectivity index (χ1v) is 8.03. The van der Waals surface area contributed by atoms with Crippen LogP contribution >= 0.6 is 0 Å². The van der Waals surface area contributed by atoms with E-state index in [0.717, 1.165) is 11.0 Å². The molecule has 1 aromatic heterocycles. The lowest BCUT2D eigenvalue weighted by atomic mass is 10.2. The van der Waals surface area contributed by atoms with Crippen LogP contribution in [0.5, 0.6) is 0 Å². The van der Waals surface area contributed by atoms with Crippen molar-refractivity contribution in [2.24, 2.45) is 0 Å². The van der Waals surface area contributed by atoms with Crippen LogP contribution in [0.3, 0.4) is 0 Å². The molecule has 2 N–H and O–H groups in total. The Morgan fingerprint density at radius 2 is 1.77 bits per heavy atom. The summed E-state index contributed by atoms with van der Waals surface area (Å²) in [6.07, 6.45) is 0. The van der Waals surface area contributed by atoms with Gasteiger partial charge in [-0.05, 0) is 43.3 Å². The average molecular weight is 355 g/mol. The van der Waals surface area contributed by atoms with E-state index >= 15 is 0 Å². The van der Waals surface area contributed by atoms with Crippen molar-refractivity contribution >= 4 is 22.9 Å². The summed E-state index contributed by atoms with van der Waals surface area (Å²) < 4.78 is 18.6. The number of hydrogen-bond donors (Lipinski definition) is 2. The first kappa shape index (κ1) is 17.5. The largest absolute Gasteiger partial charge is 0.459 e. The molecule has 134 valence electrons. The van der Waals surface area contributed by atoms with Crippen molar-refractivity contribution < 1.29 is 18.4 Å². The van der Waals surface area contributed by atoms with Gasteiger partial charge in [-0.3, -0.25) is 10.2 Å². The maximum atomic E-state index is 12.9. The lowest BCUT2D eigenvalue weighted by Gasteiger charge is -2.23. The van der Waals surface area contributed by atoms with Crippen molar-refractivity contribution in [1.29, 1.82) is 0 Å². The lowest BCUT2D eigenvalue weighted by molar-refractivity contribution is 0.0928. The number of urea groups is 1. The number of furan rings is 1. The molecule has 0 aliphatic heterocycles. The number of nitrogens with one attached hydrogen (secondary N) is 2. The first-order chi connectivity index (χ1) is 12.5. The maximum Gasteiger partial charge on any atom is 0.336 e. The molecule has 3 rings (SSSR count). The van der Waals surface area contributed by atoms with E-state index < -0.39 is 17.8 Å². The molecule has 0 aliphatic carbocycles. The van der Waals surface area contributed by atoms with Gasteiger partial charge >= 0.3 is 6.03 Å². The highest BCUT2D eigenvalue weighted by Crippen LogP contribution is 2.26. The monoisotopic (exact) mass is 355 g/mol. The molecule has 7 heteroatoms. The summed E-state index contributed by atoms with van der Waals surface area (Å²) in [7, 11) is 1.59. The molecule has 6 nitrogen and oxygen atoms in total. The molecule has 0 fully saturated rings. The number of para-hydroxylation sites is 1. The number of amides is 3. The lowest BCUT2D eigenvalue weighted by Crippen LogP contribution is -2.48. The molecule has 0 bridgehead atoms. The molecule has 3 aromatic rings. The average Bonchev–Trinajstić information content (AvgIpc) is 3.09. The van der Waals surface area contributed by atoms with E-state index in [-0.39, 0.29) is 11.6 Å². The van der Waals surface area contributed by atoms with Crippen LogP contribution in [0.15, 0.2) is 59.0 Å². The van der Waals surface area contributed by atoms with Gasteiger partial charge in [0.2, 0.25) is 0 Å². The molecule has 1 atom stereocenters. The van der Waals surface area contributed by atoms with Crippen LogP contribution in [0, 0.1) is 5.82 Å². The van der Waals surface area contributed by atoms with Gasteiger partial charge in [0.25, 0.3) is 5.91 Å². The van der Waals surface area contributed by atoms with E-state index in [2.05, 4.69) is 10.9 Å². The number of carbonyl (C=O) groups excluding carboxylic acids is 2. The topological polar surface area (TPSA) is 74.6 Å². The van der Waals surface area contributed by atoms with Crippen LogP contribution in [0.25, 0.3) is 11.0 Å². The fourth-order valence-electron chi connectivity index (χ4n) is 2.45. The molecule has 26 heavy (non-hydrogen) atoms. The fraction of sp³-hybridized carbons (Fsp3) is 0.158. The Balaban J connectivity index is 1.61. The van der Waals surface area contributed by atoms with Crippen LogP contribution < -0.4 is 10.9 Å². The van der Waals surface area contributed by atoms with E-state index in [4.69, 9.17) is 4.42 Å². The molecule has 3 amide bonds. The smallest absolute Gasteiger partial charge is 0.336 e. The quantitative estimate of drug-likeness (QED) is 0.705.